The normalized spacial score (nSPS) is 10.9. The Morgan fingerprint density at radius 1 is 1.12 bits per heavy atom. The van der Waals surface area contributed by atoms with Crippen LogP contribution in [0.4, 0.5) is 5.69 Å². The van der Waals surface area contributed by atoms with E-state index >= 15 is 0 Å². The molecule has 0 saturated heterocycles. The second kappa shape index (κ2) is 3.79. The maximum atomic E-state index is 5.92. The van der Waals surface area contributed by atoms with Crippen molar-refractivity contribution >= 4 is 22.9 Å². The molecule has 17 heavy (non-hydrogen) atoms. The molecular weight excluding hydrogens is 234 g/mol. The quantitative estimate of drug-likeness (QED) is 0.667. The zero-order chi connectivity index (χ0) is 11.8. The Bertz CT molecular complexity index is 671. The maximum absolute atomic E-state index is 5.92. The van der Waals surface area contributed by atoms with E-state index in [-0.39, 0.29) is 0 Å². The van der Waals surface area contributed by atoms with Crippen LogP contribution < -0.4 is 5.73 Å². The van der Waals surface area contributed by atoms with Crippen LogP contribution in [0.3, 0.4) is 0 Å². The van der Waals surface area contributed by atoms with E-state index in [1.807, 2.05) is 53.2 Å². The Morgan fingerprint density at radius 3 is 2.65 bits per heavy atom. The third-order valence-electron chi connectivity index (χ3n) is 2.63. The first-order valence-electron chi connectivity index (χ1n) is 5.22. The number of hydrogen-bond donors (Lipinski definition) is 1. The highest BCUT2D eigenvalue weighted by Gasteiger charge is 2.04. The average Bonchev–Trinajstić information content (AvgIpc) is 2.72. The number of pyridine rings is 1. The van der Waals surface area contributed by atoms with Gasteiger partial charge in [-0.05, 0) is 18.2 Å². The Morgan fingerprint density at radius 2 is 1.88 bits per heavy atom. The first-order chi connectivity index (χ1) is 8.22. The summed E-state index contributed by atoms with van der Waals surface area (Å²) < 4.78 is 1.94. The monoisotopic (exact) mass is 243 g/mol. The molecule has 1 aromatic carbocycles. The van der Waals surface area contributed by atoms with Gasteiger partial charge in [0.1, 0.15) is 5.65 Å². The summed E-state index contributed by atoms with van der Waals surface area (Å²) in [5.41, 5.74) is 9.19. The van der Waals surface area contributed by atoms with Crippen molar-refractivity contribution in [2.45, 2.75) is 0 Å². The third-order valence-corrected chi connectivity index (χ3v) is 2.86. The molecule has 0 saturated carbocycles. The lowest BCUT2D eigenvalue weighted by Crippen LogP contribution is -1.83. The van der Waals surface area contributed by atoms with E-state index in [4.69, 9.17) is 17.3 Å². The fraction of sp³-hybridized carbons (Fsp3) is 0. The van der Waals surface area contributed by atoms with E-state index in [2.05, 4.69) is 4.98 Å². The predicted molar refractivity (Wildman–Crippen MR) is 70.1 cm³/mol. The molecule has 84 valence electrons. The fourth-order valence-corrected chi connectivity index (χ4v) is 1.90. The average molecular weight is 244 g/mol. The van der Waals surface area contributed by atoms with Gasteiger partial charge in [-0.15, -0.1) is 0 Å². The van der Waals surface area contributed by atoms with Gasteiger partial charge in [-0.25, -0.2) is 4.98 Å². The Balaban J connectivity index is 2.14. The fourth-order valence-electron chi connectivity index (χ4n) is 1.75. The van der Waals surface area contributed by atoms with Crippen molar-refractivity contribution in [3.8, 4) is 11.3 Å². The van der Waals surface area contributed by atoms with Crippen LogP contribution in [-0.2, 0) is 0 Å². The number of nitrogen functional groups attached to an aromatic ring is 1. The van der Waals surface area contributed by atoms with Gasteiger partial charge < -0.3 is 10.1 Å². The summed E-state index contributed by atoms with van der Waals surface area (Å²) in [5, 5.41) is 0.687. The van der Waals surface area contributed by atoms with E-state index in [9.17, 15) is 0 Å². The molecule has 0 aliphatic carbocycles. The molecule has 3 aromatic rings. The second-order valence-electron chi connectivity index (χ2n) is 3.86. The summed E-state index contributed by atoms with van der Waals surface area (Å²) in [7, 11) is 0. The van der Waals surface area contributed by atoms with Gasteiger partial charge in [0.05, 0.1) is 5.69 Å². The number of halogens is 1. The summed E-state index contributed by atoms with van der Waals surface area (Å²) in [6.45, 7) is 0. The molecule has 0 fully saturated rings. The highest BCUT2D eigenvalue weighted by atomic mass is 35.5. The second-order valence-corrected chi connectivity index (χ2v) is 4.30. The van der Waals surface area contributed by atoms with Crippen LogP contribution in [0.1, 0.15) is 0 Å². The van der Waals surface area contributed by atoms with E-state index in [0.717, 1.165) is 22.6 Å². The number of hydrogen-bond acceptors (Lipinski definition) is 2. The molecule has 0 aliphatic rings. The Labute approximate surface area is 103 Å². The van der Waals surface area contributed by atoms with Gasteiger partial charge in [-0.3, -0.25) is 0 Å². The molecule has 0 unspecified atom stereocenters. The van der Waals surface area contributed by atoms with E-state index in [1.54, 1.807) is 0 Å². The topological polar surface area (TPSA) is 43.3 Å². The van der Waals surface area contributed by atoms with Crippen molar-refractivity contribution in [2.24, 2.45) is 0 Å². The van der Waals surface area contributed by atoms with Crippen LogP contribution >= 0.6 is 11.6 Å². The standard InChI is InChI=1S/C13H10ClN3/c14-10-5-6-17-8-12(16-13(17)7-10)9-1-3-11(15)4-2-9/h1-8H,15H2. The number of nitrogens with zero attached hydrogens (tertiary/aromatic N) is 2. The molecule has 0 amide bonds. The lowest BCUT2D eigenvalue weighted by atomic mass is 10.1. The molecule has 2 heterocycles. The largest absolute Gasteiger partial charge is 0.399 e. The number of aromatic nitrogens is 2. The number of anilines is 1. The highest BCUT2D eigenvalue weighted by molar-refractivity contribution is 6.30. The third kappa shape index (κ3) is 1.85. The van der Waals surface area contributed by atoms with Crippen molar-refractivity contribution in [1.29, 1.82) is 0 Å². The van der Waals surface area contributed by atoms with Crippen LogP contribution in [0.5, 0.6) is 0 Å². The lowest BCUT2D eigenvalue weighted by Gasteiger charge is -1.96. The SMILES string of the molecule is Nc1ccc(-c2cn3ccc(Cl)cc3n2)cc1. The van der Waals surface area contributed by atoms with Crippen LogP contribution in [0.25, 0.3) is 16.9 Å². The molecule has 4 heteroatoms. The van der Waals surface area contributed by atoms with E-state index in [1.165, 1.54) is 0 Å². The van der Waals surface area contributed by atoms with Crippen LogP contribution in [0, 0.1) is 0 Å². The minimum absolute atomic E-state index is 0.687. The first kappa shape index (κ1) is 10.2. The van der Waals surface area contributed by atoms with E-state index in [0.29, 0.717) is 5.02 Å². The number of imidazole rings is 1. The Kier molecular flexibility index (Phi) is 2.27. The van der Waals surface area contributed by atoms with Crippen molar-refractivity contribution in [1.82, 2.24) is 9.38 Å². The summed E-state index contributed by atoms with van der Waals surface area (Å²) >= 11 is 5.92. The Hall–Kier alpha value is -2.00. The number of rotatable bonds is 1. The van der Waals surface area contributed by atoms with Gasteiger partial charge in [0.25, 0.3) is 0 Å². The molecule has 2 N–H and O–H groups in total. The van der Waals surface area contributed by atoms with Crippen molar-refractivity contribution in [2.75, 3.05) is 5.73 Å². The maximum Gasteiger partial charge on any atom is 0.138 e. The molecule has 0 atom stereocenters. The van der Waals surface area contributed by atoms with Crippen LogP contribution in [0.15, 0.2) is 48.8 Å². The first-order valence-corrected chi connectivity index (χ1v) is 5.60. The molecule has 2 aromatic heterocycles. The molecule has 0 radical (unpaired) electrons. The minimum atomic E-state index is 0.687. The van der Waals surface area contributed by atoms with Gasteiger partial charge in [-0.2, -0.15) is 0 Å². The summed E-state index contributed by atoms with van der Waals surface area (Å²) in [6, 6.07) is 11.3. The predicted octanol–water partition coefficient (Wildman–Crippen LogP) is 3.24. The summed E-state index contributed by atoms with van der Waals surface area (Å²) in [6.07, 6.45) is 3.86. The number of fused-ring (bicyclic) bond motifs is 1. The summed E-state index contributed by atoms with van der Waals surface area (Å²) in [5.74, 6) is 0. The molecule has 0 bridgehead atoms. The van der Waals surface area contributed by atoms with Crippen LogP contribution in [0.2, 0.25) is 5.02 Å². The van der Waals surface area contributed by atoms with Gasteiger partial charge in [0, 0.05) is 34.7 Å². The van der Waals surface area contributed by atoms with Crippen molar-refractivity contribution < 1.29 is 0 Å². The van der Waals surface area contributed by atoms with Gasteiger partial charge in [0.2, 0.25) is 0 Å². The molecule has 3 nitrogen and oxygen atoms in total. The zero-order valence-electron chi connectivity index (χ0n) is 8.97. The lowest BCUT2D eigenvalue weighted by molar-refractivity contribution is 1.19. The number of benzene rings is 1. The van der Waals surface area contributed by atoms with Gasteiger partial charge in [0.15, 0.2) is 0 Å². The zero-order valence-corrected chi connectivity index (χ0v) is 9.72. The number of nitrogens with two attached hydrogens (primary N) is 1. The van der Waals surface area contributed by atoms with E-state index < -0.39 is 0 Å². The molecule has 0 spiro atoms. The smallest absolute Gasteiger partial charge is 0.138 e. The highest BCUT2D eigenvalue weighted by Crippen LogP contribution is 2.21. The minimum Gasteiger partial charge on any atom is -0.399 e. The molecular formula is C13H10ClN3. The molecule has 3 rings (SSSR count). The van der Waals surface area contributed by atoms with Crippen LogP contribution in [-0.4, -0.2) is 9.38 Å². The summed E-state index contributed by atoms with van der Waals surface area (Å²) in [4.78, 5) is 4.51. The van der Waals surface area contributed by atoms with Crippen molar-refractivity contribution in [3.05, 3.63) is 53.8 Å². The van der Waals surface area contributed by atoms with Crippen molar-refractivity contribution in [3.63, 3.8) is 0 Å². The van der Waals surface area contributed by atoms with Gasteiger partial charge >= 0.3 is 0 Å². The van der Waals surface area contributed by atoms with Gasteiger partial charge in [-0.1, -0.05) is 23.7 Å². The molecule has 0 aliphatic heterocycles.